The predicted octanol–water partition coefficient (Wildman–Crippen LogP) is 4.54. The number of rotatable bonds is 6. The molecule has 0 spiro atoms. The molecule has 0 aliphatic heterocycles. The molecule has 1 aromatic carbocycles. The quantitative estimate of drug-likeness (QED) is 0.792. The lowest BCUT2D eigenvalue weighted by atomic mass is 10.1. The first-order valence-corrected chi connectivity index (χ1v) is 7.85. The van der Waals surface area contributed by atoms with Crippen molar-refractivity contribution in [3.05, 3.63) is 49.9 Å². The Hall–Kier alpha value is -0.610. The lowest BCUT2D eigenvalue weighted by Gasteiger charge is -2.04. The predicted molar refractivity (Wildman–Crippen MR) is 83.4 cm³/mol. The minimum Gasteiger partial charge on any atom is -0.312 e. The zero-order valence-corrected chi connectivity index (χ0v) is 13.1. The highest BCUT2D eigenvalue weighted by Crippen LogP contribution is 2.28. The monoisotopic (exact) mass is 314 g/mol. The third-order valence-electron chi connectivity index (χ3n) is 2.72. The largest absolute Gasteiger partial charge is 0.312 e. The molecule has 5 heteroatoms. The maximum Gasteiger partial charge on any atom is 0.0973 e. The van der Waals surface area contributed by atoms with Crippen molar-refractivity contribution < 1.29 is 0 Å². The molecule has 19 heavy (non-hydrogen) atoms. The average molecular weight is 315 g/mol. The number of thiazole rings is 1. The van der Waals surface area contributed by atoms with Gasteiger partial charge in [0.25, 0.3) is 0 Å². The lowest BCUT2D eigenvalue weighted by molar-refractivity contribution is 0.681. The molecule has 2 aromatic rings. The van der Waals surface area contributed by atoms with Crippen molar-refractivity contribution in [3.8, 4) is 0 Å². The van der Waals surface area contributed by atoms with Gasteiger partial charge in [-0.3, -0.25) is 0 Å². The van der Waals surface area contributed by atoms with Gasteiger partial charge in [0, 0.05) is 34.1 Å². The number of benzene rings is 1. The van der Waals surface area contributed by atoms with Gasteiger partial charge in [0.05, 0.1) is 5.01 Å². The fraction of sp³-hybridized carbons (Fsp3) is 0.357. The van der Waals surface area contributed by atoms with E-state index in [0.717, 1.165) is 30.1 Å². The van der Waals surface area contributed by atoms with Gasteiger partial charge in [0.15, 0.2) is 0 Å². The molecule has 102 valence electrons. The maximum absolute atomic E-state index is 6.17. The van der Waals surface area contributed by atoms with E-state index in [2.05, 4.69) is 17.2 Å². The van der Waals surface area contributed by atoms with Crippen molar-refractivity contribution in [2.24, 2.45) is 0 Å². The van der Waals surface area contributed by atoms with Crippen LogP contribution in [0.4, 0.5) is 0 Å². The Balaban J connectivity index is 2.03. The fourth-order valence-corrected chi connectivity index (χ4v) is 3.19. The van der Waals surface area contributed by atoms with Crippen LogP contribution in [0.15, 0.2) is 24.4 Å². The number of nitrogens with zero attached hydrogens (tertiary/aromatic N) is 1. The first-order valence-electron chi connectivity index (χ1n) is 6.28. The SMILES string of the molecule is CCCNCc1cnc(Cc2c(Cl)cccc2Cl)s1. The third kappa shape index (κ3) is 4.18. The summed E-state index contributed by atoms with van der Waals surface area (Å²) in [5.74, 6) is 0. The first-order chi connectivity index (χ1) is 9.20. The minimum absolute atomic E-state index is 0.691. The van der Waals surface area contributed by atoms with Crippen LogP contribution < -0.4 is 5.32 Å². The van der Waals surface area contributed by atoms with E-state index in [0.29, 0.717) is 16.5 Å². The Bertz CT molecular complexity index is 520. The van der Waals surface area contributed by atoms with Crippen LogP contribution in [-0.4, -0.2) is 11.5 Å². The van der Waals surface area contributed by atoms with Crippen LogP contribution in [0.3, 0.4) is 0 Å². The van der Waals surface area contributed by atoms with Gasteiger partial charge in [0.1, 0.15) is 0 Å². The van der Waals surface area contributed by atoms with Crippen LogP contribution in [0.25, 0.3) is 0 Å². The molecule has 0 fully saturated rings. The summed E-state index contributed by atoms with van der Waals surface area (Å²) in [5, 5.41) is 5.82. The van der Waals surface area contributed by atoms with Crippen molar-refractivity contribution in [2.45, 2.75) is 26.3 Å². The summed E-state index contributed by atoms with van der Waals surface area (Å²) in [6.45, 7) is 4.07. The second-order valence-corrected chi connectivity index (χ2v) is 6.29. The van der Waals surface area contributed by atoms with E-state index in [1.54, 1.807) is 11.3 Å². The average Bonchev–Trinajstić information content (AvgIpc) is 2.82. The molecule has 2 nitrogen and oxygen atoms in total. The number of halogens is 2. The van der Waals surface area contributed by atoms with Gasteiger partial charge in [-0.25, -0.2) is 4.98 Å². The summed E-state index contributed by atoms with van der Waals surface area (Å²) < 4.78 is 0. The Morgan fingerprint density at radius 1 is 1.26 bits per heavy atom. The molecule has 0 aliphatic carbocycles. The van der Waals surface area contributed by atoms with Crippen LogP contribution in [0, 0.1) is 0 Å². The molecule has 1 heterocycles. The molecule has 1 N–H and O–H groups in total. The van der Waals surface area contributed by atoms with Crippen LogP contribution in [-0.2, 0) is 13.0 Å². The summed E-state index contributed by atoms with van der Waals surface area (Å²) in [6, 6.07) is 5.58. The number of nitrogens with one attached hydrogen (secondary N) is 1. The van der Waals surface area contributed by atoms with Crippen molar-refractivity contribution in [1.82, 2.24) is 10.3 Å². The van der Waals surface area contributed by atoms with Crippen molar-refractivity contribution in [3.63, 3.8) is 0 Å². The zero-order chi connectivity index (χ0) is 13.7. The molecule has 0 saturated heterocycles. The summed E-state index contributed by atoms with van der Waals surface area (Å²) in [5.41, 5.74) is 0.952. The minimum atomic E-state index is 0.691. The lowest BCUT2D eigenvalue weighted by Crippen LogP contribution is -2.12. The zero-order valence-electron chi connectivity index (χ0n) is 10.7. The van der Waals surface area contributed by atoms with E-state index in [1.165, 1.54) is 4.88 Å². The van der Waals surface area contributed by atoms with E-state index in [4.69, 9.17) is 23.2 Å². The van der Waals surface area contributed by atoms with E-state index >= 15 is 0 Å². The van der Waals surface area contributed by atoms with Gasteiger partial charge in [-0.05, 0) is 30.7 Å². The first kappa shape index (κ1) is 14.8. The highest BCUT2D eigenvalue weighted by atomic mass is 35.5. The fourth-order valence-electron chi connectivity index (χ4n) is 1.75. The van der Waals surface area contributed by atoms with Gasteiger partial charge in [-0.15, -0.1) is 11.3 Å². The van der Waals surface area contributed by atoms with Crippen molar-refractivity contribution in [1.29, 1.82) is 0 Å². The van der Waals surface area contributed by atoms with Crippen LogP contribution in [0.1, 0.15) is 28.8 Å². The van der Waals surface area contributed by atoms with Crippen LogP contribution in [0.2, 0.25) is 10.0 Å². The van der Waals surface area contributed by atoms with Gasteiger partial charge in [-0.1, -0.05) is 36.2 Å². The number of aromatic nitrogens is 1. The van der Waals surface area contributed by atoms with E-state index in [-0.39, 0.29) is 0 Å². The molecule has 0 atom stereocenters. The molecule has 1 aromatic heterocycles. The third-order valence-corrected chi connectivity index (χ3v) is 4.42. The molecule has 2 rings (SSSR count). The normalized spacial score (nSPS) is 10.9. The van der Waals surface area contributed by atoms with Crippen molar-refractivity contribution in [2.75, 3.05) is 6.54 Å². The molecular weight excluding hydrogens is 299 g/mol. The molecule has 0 bridgehead atoms. The number of hydrogen-bond donors (Lipinski definition) is 1. The summed E-state index contributed by atoms with van der Waals surface area (Å²) in [6.07, 6.45) is 3.76. The molecule has 0 saturated carbocycles. The van der Waals surface area contributed by atoms with Gasteiger partial charge >= 0.3 is 0 Å². The molecule has 0 unspecified atom stereocenters. The molecular formula is C14H16Cl2N2S. The Morgan fingerprint density at radius 3 is 2.68 bits per heavy atom. The highest BCUT2D eigenvalue weighted by molar-refractivity contribution is 7.11. The second-order valence-electron chi connectivity index (χ2n) is 4.27. The Labute approximate surface area is 127 Å². The van der Waals surface area contributed by atoms with Crippen LogP contribution in [0.5, 0.6) is 0 Å². The topological polar surface area (TPSA) is 24.9 Å². The summed E-state index contributed by atoms with van der Waals surface area (Å²) in [4.78, 5) is 5.68. The smallest absolute Gasteiger partial charge is 0.0973 e. The molecule has 0 radical (unpaired) electrons. The van der Waals surface area contributed by atoms with Crippen LogP contribution >= 0.6 is 34.5 Å². The Kier molecular flexibility index (Phi) is 5.64. The highest BCUT2D eigenvalue weighted by Gasteiger charge is 2.09. The van der Waals surface area contributed by atoms with E-state index in [9.17, 15) is 0 Å². The number of hydrogen-bond acceptors (Lipinski definition) is 3. The van der Waals surface area contributed by atoms with Gasteiger partial charge in [0.2, 0.25) is 0 Å². The second kappa shape index (κ2) is 7.25. The van der Waals surface area contributed by atoms with E-state index < -0.39 is 0 Å². The van der Waals surface area contributed by atoms with Gasteiger partial charge in [-0.2, -0.15) is 0 Å². The van der Waals surface area contributed by atoms with Gasteiger partial charge < -0.3 is 5.32 Å². The summed E-state index contributed by atoms with van der Waals surface area (Å²) in [7, 11) is 0. The Morgan fingerprint density at radius 2 is 2.00 bits per heavy atom. The maximum atomic E-state index is 6.17. The molecule has 0 amide bonds. The summed E-state index contributed by atoms with van der Waals surface area (Å²) >= 11 is 14.0. The molecule has 0 aliphatic rings. The standard InChI is InChI=1S/C14H16Cl2N2S/c1-2-6-17-8-10-9-18-14(19-10)7-11-12(15)4-3-5-13(11)16/h3-5,9,17H,2,6-8H2,1H3. The van der Waals surface area contributed by atoms with Crippen molar-refractivity contribution >= 4 is 34.5 Å². The van der Waals surface area contributed by atoms with E-state index in [1.807, 2.05) is 24.4 Å².